The van der Waals surface area contributed by atoms with Gasteiger partial charge in [-0.1, -0.05) is 60.7 Å². The van der Waals surface area contributed by atoms with E-state index in [0.29, 0.717) is 11.1 Å². The Kier molecular flexibility index (Phi) is 3.04. The Balaban J connectivity index is 2.01. The summed E-state index contributed by atoms with van der Waals surface area (Å²) >= 11 is 0. The molecular formula is C16H14O4. The third kappa shape index (κ3) is 1.81. The zero-order valence-electron chi connectivity index (χ0n) is 10.6. The number of rotatable bonds is 2. The molecule has 1 aliphatic rings. The highest BCUT2D eigenvalue weighted by Crippen LogP contribution is 2.42. The zero-order valence-corrected chi connectivity index (χ0v) is 10.6. The number of benzene rings is 2. The fraction of sp³-hybridized carbons (Fsp3) is 0.188. The van der Waals surface area contributed by atoms with Crippen molar-refractivity contribution in [2.45, 2.75) is 17.8 Å². The van der Waals surface area contributed by atoms with Gasteiger partial charge >= 0.3 is 5.97 Å². The van der Waals surface area contributed by atoms with Crippen molar-refractivity contribution < 1.29 is 19.7 Å². The van der Waals surface area contributed by atoms with Crippen LogP contribution in [0.2, 0.25) is 0 Å². The van der Waals surface area contributed by atoms with Crippen LogP contribution in [0.4, 0.5) is 0 Å². The number of carbonyl (C=O) groups is 1. The number of esters is 1. The Labute approximate surface area is 116 Å². The summed E-state index contributed by atoms with van der Waals surface area (Å²) in [5, 5.41) is 21.0. The summed E-state index contributed by atoms with van der Waals surface area (Å²) in [7, 11) is 0. The van der Waals surface area contributed by atoms with Crippen molar-refractivity contribution in [3.8, 4) is 0 Å². The van der Waals surface area contributed by atoms with Crippen molar-refractivity contribution in [2.75, 3.05) is 0 Å². The molecule has 0 radical (unpaired) electrons. The van der Waals surface area contributed by atoms with Crippen LogP contribution in [0.5, 0.6) is 0 Å². The second-order valence-corrected chi connectivity index (χ2v) is 4.81. The van der Waals surface area contributed by atoms with E-state index in [0.717, 1.165) is 0 Å². The number of aliphatic hydroxyl groups excluding tert-OH is 1. The predicted molar refractivity (Wildman–Crippen MR) is 71.6 cm³/mol. The van der Waals surface area contributed by atoms with Crippen LogP contribution in [-0.4, -0.2) is 22.3 Å². The number of ether oxygens (including phenoxy) is 1. The molecule has 2 N–H and O–H groups in total. The summed E-state index contributed by atoms with van der Waals surface area (Å²) in [5.74, 6) is -0.829. The molecule has 0 spiro atoms. The minimum atomic E-state index is -2.03. The highest BCUT2D eigenvalue weighted by Gasteiger charge is 2.57. The van der Waals surface area contributed by atoms with Gasteiger partial charge in [0.05, 0.1) is 0 Å². The van der Waals surface area contributed by atoms with Gasteiger partial charge in [0.15, 0.2) is 6.10 Å². The van der Waals surface area contributed by atoms with E-state index in [1.54, 1.807) is 54.6 Å². The van der Waals surface area contributed by atoms with Crippen LogP contribution in [-0.2, 0) is 15.1 Å². The third-order valence-electron chi connectivity index (χ3n) is 3.60. The van der Waals surface area contributed by atoms with E-state index in [2.05, 4.69) is 0 Å². The lowest BCUT2D eigenvalue weighted by Gasteiger charge is -2.23. The summed E-state index contributed by atoms with van der Waals surface area (Å²) < 4.78 is 5.19. The molecule has 4 nitrogen and oxygen atoms in total. The molecule has 1 fully saturated rings. The second-order valence-electron chi connectivity index (χ2n) is 4.81. The molecule has 0 unspecified atom stereocenters. The first-order chi connectivity index (χ1) is 9.64. The number of hydrogen-bond donors (Lipinski definition) is 2. The Morgan fingerprint density at radius 3 is 2.10 bits per heavy atom. The molecule has 0 aromatic heterocycles. The van der Waals surface area contributed by atoms with E-state index >= 15 is 0 Å². The number of hydrogen-bond acceptors (Lipinski definition) is 4. The van der Waals surface area contributed by atoms with Crippen molar-refractivity contribution in [3.63, 3.8) is 0 Å². The minimum Gasteiger partial charge on any atom is -0.452 e. The molecule has 20 heavy (non-hydrogen) atoms. The van der Waals surface area contributed by atoms with Crippen molar-refractivity contribution in [3.05, 3.63) is 71.8 Å². The van der Waals surface area contributed by atoms with Gasteiger partial charge in [-0.05, 0) is 11.1 Å². The van der Waals surface area contributed by atoms with E-state index in [9.17, 15) is 15.0 Å². The molecule has 0 amide bonds. The fourth-order valence-electron chi connectivity index (χ4n) is 2.48. The Bertz CT molecular complexity index is 611. The van der Waals surface area contributed by atoms with Crippen LogP contribution in [0.15, 0.2) is 60.7 Å². The molecule has 2 aromatic rings. The van der Waals surface area contributed by atoms with Crippen LogP contribution in [0.1, 0.15) is 17.2 Å². The summed E-state index contributed by atoms with van der Waals surface area (Å²) in [5.41, 5.74) is -1.04. The first-order valence-corrected chi connectivity index (χ1v) is 6.36. The average Bonchev–Trinajstić information content (AvgIpc) is 2.74. The highest BCUT2D eigenvalue weighted by atomic mass is 16.6. The van der Waals surface area contributed by atoms with Crippen molar-refractivity contribution in [1.82, 2.24) is 0 Å². The van der Waals surface area contributed by atoms with Gasteiger partial charge < -0.3 is 14.9 Å². The van der Waals surface area contributed by atoms with Gasteiger partial charge in [-0.25, -0.2) is 4.79 Å². The highest BCUT2D eigenvalue weighted by molar-refractivity contribution is 5.84. The summed E-state index contributed by atoms with van der Waals surface area (Å²) in [6.45, 7) is 0. The largest absolute Gasteiger partial charge is 0.452 e. The second kappa shape index (κ2) is 4.74. The van der Waals surface area contributed by atoms with Gasteiger partial charge in [0.25, 0.3) is 0 Å². The van der Waals surface area contributed by atoms with E-state index in [-0.39, 0.29) is 0 Å². The molecular weight excluding hydrogens is 256 g/mol. The molecule has 4 heteroatoms. The Morgan fingerprint density at radius 2 is 1.50 bits per heavy atom. The van der Waals surface area contributed by atoms with E-state index in [1.165, 1.54) is 0 Å². The molecule has 102 valence electrons. The van der Waals surface area contributed by atoms with E-state index in [1.807, 2.05) is 6.07 Å². The first-order valence-electron chi connectivity index (χ1n) is 6.36. The van der Waals surface area contributed by atoms with Crippen molar-refractivity contribution >= 4 is 5.97 Å². The summed E-state index contributed by atoms with van der Waals surface area (Å²) in [4.78, 5) is 12.1. The first kappa shape index (κ1) is 12.8. The molecule has 1 aliphatic heterocycles. The predicted octanol–water partition coefficient (Wildman–Crippen LogP) is 1.53. The lowest BCUT2D eigenvalue weighted by atomic mass is 9.86. The molecule has 3 atom stereocenters. The summed E-state index contributed by atoms with van der Waals surface area (Å²) in [6, 6.07) is 17.3. The maximum atomic E-state index is 12.1. The van der Waals surface area contributed by atoms with Crippen LogP contribution in [0.25, 0.3) is 0 Å². The lowest BCUT2D eigenvalue weighted by Crippen LogP contribution is -2.41. The molecule has 0 saturated carbocycles. The summed E-state index contributed by atoms with van der Waals surface area (Å²) in [6.07, 6.45) is -2.21. The van der Waals surface area contributed by atoms with Crippen LogP contribution in [0.3, 0.4) is 0 Å². The van der Waals surface area contributed by atoms with Gasteiger partial charge in [-0.2, -0.15) is 0 Å². The molecule has 3 rings (SSSR count). The fourth-order valence-corrected chi connectivity index (χ4v) is 2.48. The monoisotopic (exact) mass is 270 g/mol. The van der Waals surface area contributed by atoms with Gasteiger partial charge in [0.1, 0.15) is 6.10 Å². The number of carbonyl (C=O) groups excluding carboxylic acids is 1. The van der Waals surface area contributed by atoms with E-state index < -0.39 is 23.8 Å². The average molecular weight is 270 g/mol. The zero-order chi connectivity index (χ0) is 14.2. The standard InChI is InChI=1S/C16H14O4/c17-14-13(11-7-3-1-4-8-11)20-15(18)16(14,19)12-9-5-2-6-10-12/h1-10,13-14,17,19H/t13-,14+,16+/m0/s1. The van der Waals surface area contributed by atoms with Crippen molar-refractivity contribution in [2.24, 2.45) is 0 Å². The van der Waals surface area contributed by atoms with Crippen molar-refractivity contribution in [1.29, 1.82) is 0 Å². The SMILES string of the molecule is O=C1O[C@@H](c2ccccc2)[C@@H](O)[C@]1(O)c1ccccc1. The quantitative estimate of drug-likeness (QED) is 0.812. The van der Waals surface area contributed by atoms with Gasteiger partial charge in [-0.3, -0.25) is 0 Å². The molecule has 1 heterocycles. The lowest BCUT2D eigenvalue weighted by molar-refractivity contribution is -0.157. The van der Waals surface area contributed by atoms with Crippen LogP contribution >= 0.6 is 0 Å². The van der Waals surface area contributed by atoms with Gasteiger partial charge in [0.2, 0.25) is 5.60 Å². The minimum absolute atomic E-state index is 0.330. The Morgan fingerprint density at radius 1 is 0.950 bits per heavy atom. The maximum absolute atomic E-state index is 12.1. The molecule has 2 aromatic carbocycles. The smallest absolute Gasteiger partial charge is 0.346 e. The normalized spacial score (nSPS) is 29.2. The molecule has 1 saturated heterocycles. The van der Waals surface area contributed by atoms with Gasteiger partial charge in [-0.15, -0.1) is 0 Å². The number of aliphatic hydroxyl groups is 2. The Hall–Kier alpha value is -2.17. The number of cyclic esters (lactones) is 1. The van der Waals surface area contributed by atoms with Crippen LogP contribution < -0.4 is 0 Å². The van der Waals surface area contributed by atoms with Crippen LogP contribution in [0, 0.1) is 0 Å². The van der Waals surface area contributed by atoms with E-state index in [4.69, 9.17) is 4.74 Å². The molecule has 0 bridgehead atoms. The maximum Gasteiger partial charge on any atom is 0.346 e. The third-order valence-corrected chi connectivity index (χ3v) is 3.60. The molecule has 0 aliphatic carbocycles. The topological polar surface area (TPSA) is 66.8 Å². The van der Waals surface area contributed by atoms with Gasteiger partial charge in [0, 0.05) is 0 Å².